The molecule has 0 aliphatic rings. The third-order valence-corrected chi connectivity index (χ3v) is 4.04. The van der Waals surface area contributed by atoms with E-state index >= 15 is 0 Å². The number of aromatic nitrogens is 4. The van der Waals surface area contributed by atoms with Crippen molar-refractivity contribution in [1.82, 2.24) is 25.6 Å². The summed E-state index contributed by atoms with van der Waals surface area (Å²) in [7, 11) is 0. The Morgan fingerprint density at radius 2 is 2.20 bits per heavy atom. The zero-order valence-electron chi connectivity index (χ0n) is 13.3. The molecule has 25 heavy (non-hydrogen) atoms. The Balaban J connectivity index is 1.58. The van der Waals surface area contributed by atoms with Gasteiger partial charge in [0, 0.05) is 11.1 Å². The summed E-state index contributed by atoms with van der Waals surface area (Å²) in [5.74, 6) is 0.0564. The van der Waals surface area contributed by atoms with Gasteiger partial charge in [0.2, 0.25) is 0 Å². The first kappa shape index (κ1) is 16.9. The molecule has 4 N–H and O–H groups in total. The Morgan fingerprint density at radius 3 is 2.92 bits per heavy atom. The molecule has 0 fully saturated rings. The maximum Gasteiger partial charge on any atom is 0.340 e. The fourth-order valence-electron chi connectivity index (χ4n) is 2.11. The minimum atomic E-state index is -0.384. The van der Waals surface area contributed by atoms with Crippen molar-refractivity contribution in [2.45, 2.75) is 20.1 Å². The topological polar surface area (TPSA) is 125 Å². The van der Waals surface area contributed by atoms with Crippen LogP contribution in [0.3, 0.4) is 0 Å². The van der Waals surface area contributed by atoms with Crippen molar-refractivity contribution in [2.75, 3.05) is 5.32 Å². The van der Waals surface area contributed by atoms with Crippen molar-refractivity contribution in [2.24, 2.45) is 0 Å². The van der Waals surface area contributed by atoms with Crippen LogP contribution < -0.4 is 16.5 Å². The molecular formula is C15H16N6O3S. The number of anilines is 1. The van der Waals surface area contributed by atoms with Gasteiger partial charge in [-0.25, -0.2) is 20.4 Å². The average molecular weight is 360 g/mol. The third kappa shape index (κ3) is 4.52. The van der Waals surface area contributed by atoms with Gasteiger partial charge >= 0.3 is 5.69 Å². The summed E-state index contributed by atoms with van der Waals surface area (Å²) in [5.41, 5.74) is 3.79. The number of carbonyl (C=O) groups is 1. The van der Waals surface area contributed by atoms with Crippen LogP contribution in [0.4, 0.5) is 5.69 Å². The highest BCUT2D eigenvalue weighted by atomic mass is 32.1. The summed E-state index contributed by atoms with van der Waals surface area (Å²) in [6.07, 6.45) is 0. The maximum absolute atomic E-state index is 12.3. The Labute approximate surface area is 146 Å². The van der Waals surface area contributed by atoms with Gasteiger partial charge in [0.05, 0.1) is 22.8 Å². The first-order valence-electron chi connectivity index (χ1n) is 7.41. The number of hydrogen-bond acceptors (Lipinski definition) is 7. The van der Waals surface area contributed by atoms with Gasteiger partial charge in [0.1, 0.15) is 12.4 Å². The van der Waals surface area contributed by atoms with E-state index in [0.29, 0.717) is 17.1 Å². The lowest BCUT2D eigenvalue weighted by Crippen LogP contribution is -2.24. The highest BCUT2D eigenvalue weighted by Crippen LogP contribution is 2.15. The molecule has 2 aromatic heterocycles. The van der Waals surface area contributed by atoms with E-state index in [4.69, 9.17) is 4.84 Å². The fourth-order valence-corrected chi connectivity index (χ4v) is 2.71. The molecular weight excluding hydrogens is 344 g/mol. The molecule has 130 valence electrons. The van der Waals surface area contributed by atoms with E-state index < -0.39 is 0 Å². The number of hydrogen-bond donors (Lipinski definition) is 4. The first-order chi connectivity index (χ1) is 12.1. The molecule has 0 unspecified atom stereocenters. The van der Waals surface area contributed by atoms with E-state index in [1.54, 1.807) is 24.3 Å². The van der Waals surface area contributed by atoms with Crippen molar-refractivity contribution in [3.05, 3.63) is 62.2 Å². The van der Waals surface area contributed by atoms with Gasteiger partial charge in [-0.2, -0.15) is 5.10 Å². The number of benzene rings is 1. The number of hydroxylamine groups is 1. The van der Waals surface area contributed by atoms with E-state index in [1.807, 2.05) is 12.3 Å². The zero-order chi connectivity index (χ0) is 17.6. The number of aryl methyl sites for hydroxylation is 1. The SMILES string of the molecule is Cc1nc(CONC(=O)c2ccccc2NCc2n[nH]c(=O)[nH]2)cs1. The van der Waals surface area contributed by atoms with E-state index in [-0.39, 0.29) is 24.7 Å². The van der Waals surface area contributed by atoms with Gasteiger partial charge in [0.15, 0.2) is 0 Å². The Bertz CT molecular complexity index is 916. The van der Waals surface area contributed by atoms with Gasteiger partial charge in [0.25, 0.3) is 5.91 Å². The van der Waals surface area contributed by atoms with Crippen molar-refractivity contribution >= 4 is 22.9 Å². The minimum Gasteiger partial charge on any atom is -0.377 e. The van der Waals surface area contributed by atoms with Crippen LogP contribution in [0.5, 0.6) is 0 Å². The summed E-state index contributed by atoms with van der Waals surface area (Å²) >= 11 is 1.52. The lowest BCUT2D eigenvalue weighted by molar-refractivity contribution is 0.0224. The zero-order valence-corrected chi connectivity index (χ0v) is 14.1. The van der Waals surface area contributed by atoms with E-state index in [9.17, 15) is 9.59 Å². The molecule has 0 aliphatic heterocycles. The number of nitrogens with zero attached hydrogens (tertiary/aromatic N) is 2. The predicted molar refractivity (Wildman–Crippen MR) is 92.1 cm³/mol. The van der Waals surface area contributed by atoms with Crippen LogP contribution in [0.15, 0.2) is 34.4 Å². The third-order valence-electron chi connectivity index (χ3n) is 3.22. The number of aromatic amines is 2. The number of carbonyl (C=O) groups excluding carboxylic acids is 1. The molecule has 0 atom stereocenters. The molecule has 2 heterocycles. The Hall–Kier alpha value is -2.98. The van der Waals surface area contributed by atoms with Crippen LogP contribution in [0.1, 0.15) is 26.9 Å². The molecule has 1 amide bonds. The standard InChI is InChI=1S/C15H16N6O3S/c1-9-17-10(8-25-9)7-24-21-14(22)11-4-2-3-5-12(11)16-6-13-18-15(23)20-19-13/h2-5,8,16H,6-7H2,1H3,(H,21,22)(H2,18,19,20,23). The number of H-pyrrole nitrogens is 2. The van der Waals surface area contributed by atoms with Crippen LogP contribution in [-0.4, -0.2) is 26.1 Å². The van der Waals surface area contributed by atoms with Crippen LogP contribution >= 0.6 is 11.3 Å². The van der Waals surface area contributed by atoms with E-state index in [0.717, 1.165) is 10.7 Å². The van der Waals surface area contributed by atoms with E-state index in [2.05, 4.69) is 31.0 Å². The van der Waals surface area contributed by atoms with Crippen LogP contribution in [0.2, 0.25) is 0 Å². The number of amides is 1. The Kier molecular flexibility index (Phi) is 5.21. The van der Waals surface area contributed by atoms with Crippen LogP contribution in [0, 0.1) is 6.92 Å². The second-order valence-corrected chi connectivity index (χ2v) is 6.16. The molecule has 10 heteroatoms. The molecule has 3 aromatic rings. The number of rotatable bonds is 7. The van der Waals surface area contributed by atoms with Crippen LogP contribution in [0.25, 0.3) is 0 Å². The van der Waals surface area contributed by atoms with Gasteiger partial charge < -0.3 is 5.32 Å². The second-order valence-electron chi connectivity index (χ2n) is 5.10. The smallest absolute Gasteiger partial charge is 0.340 e. The molecule has 3 rings (SSSR count). The molecule has 0 saturated carbocycles. The molecule has 0 saturated heterocycles. The van der Waals surface area contributed by atoms with Crippen molar-refractivity contribution in [3.8, 4) is 0 Å². The lowest BCUT2D eigenvalue weighted by Gasteiger charge is -2.11. The lowest BCUT2D eigenvalue weighted by atomic mass is 10.1. The summed E-state index contributed by atoms with van der Waals surface area (Å²) in [4.78, 5) is 35.3. The number of thiazole rings is 1. The van der Waals surface area contributed by atoms with Crippen LogP contribution in [-0.2, 0) is 18.0 Å². The molecule has 1 aromatic carbocycles. The van der Waals surface area contributed by atoms with Crippen molar-refractivity contribution in [1.29, 1.82) is 0 Å². The molecule has 9 nitrogen and oxygen atoms in total. The summed E-state index contributed by atoms with van der Waals surface area (Å²) in [6.45, 7) is 2.36. The van der Waals surface area contributed by atoms with Crippen molar-refractivity contribution in [3.63, 3.8) is 0 Å². The largest absolute Gasteiger partial charge is 0.377 e. The monoisotopic (exact) mass is 360 g/mol. The molecule has 0 aliphatic carbocycles. The van der Waals surface area contributed by atoms with E-state index in [1.165, 1.54) is 11.3 Å². The average Bonchev–Trinajstić information content (AvgIpc) is 3.21. The number of nitrogens with one attached hydrogen (secondary N) is 4. The van der Waals surface area contributed by atoms with Gasteiger partial charge in [-0.1, -0.05) is 12.1 Å². The summed E-state index contributed by atoms with van der Waals surface area (Å²) in [6, 6.07) is 6.97. The highest BCUT2D eigenvalue weighted by molar-refractivity contribution is 7.09. The Morgan fingerprint density at radius 1 is 1.36 bits per heavy atom. The van der Waals surface area contributed by atoms with Gasteiger partial charge in [-0.3, -0.25) is 14.6 Å². The minimum absolute atomic E-state index is 0.195. The molecule has 0 spiro atoms. The highest BCUT2D eigenvalue weighted by Gasteiger charge is 2.11. The molecule has 0 bridgehead atoms. The maximum atomic E-state index is 12.3. The second kappa shape index (κ2) is 7.73. The normalized spacial score (nSPS) is 10.6. The predicted octanol–water partition coefficient (Wildman–Crippen LogP) is 1.34. The number of para-hydroxylation sites is 1. The fraction of sp³-hybridized carbons (Fsp3) is 0.200. The summed E-state index contributed by atoms with van der Waals surface area (Å²) in [5, 5.41) is 12.0. The first-order valence-corrected chi connectivity index (χ1v) is 8.29. The quantitative estimate of drug-likeness (QED) is 0.471. The van der Waals surface area contributed by atoms with Gasteiger partial charge in [-0.15, -0.1) is 11.3 Å². The summed E-state index contributed by atoms with van der Waals surface area (Å²) < 4.78 is 0. The van der Waals surface area contributed by atoms with Crippen molar-refractivity contribution < 1.29 is 9.63 Å². The van der Waals surface area contributed by atoms with Gasteiger partial charge in [-0.05, 0) is 19.1 Å². The molecule has 0 radical (unpaired) electrons.